The Bertz CT molecular complexity index is 604. The van der Waals surface area contributed by atoms with Crippen LogP contribution in [0.2, 0.25) is 0 Å². The van der Waals surface area contributed by atoms with Crippen LogP contribution < -0.4 is 10.9 Å². The summed E-state index contributed by atoms with van der Waals surface area (Å²) in [6.07, 6.45) is 2.79. The number of aliphatic carboxylic acids is 1. The lowest BCUT2D eigenvalue weighted by atomic mass is 10.4. The van der Waals surface area contributed by atoms with E-state index in [1.807, 2.05) is 0 Å². The van der Waals surface area contributed by atoms with E-state index in [-0.39, 0.29) is 12.1 Å². The van der Waals surface area contributed by atoms with E-state index < -0.39 is 5.97 Å². The minimum atomic E-state index is -0.990. The van der Waals surface area contributed by atoms with Crippen molar-refractivity contribution in [3.05, 3.63) is 34.6 Å². The molecule has 18 heavy (non-hydrogen) atoms. The number of hydrogen-bond acceptors (Lipinski definition) is 6. The molecule has 0 atom stereocenters. The lowest BCUT2D eigenvalue weighted by molar-refractivity contribution is -0.137. The molecule has 2 heterocycles. The molecule has 0 aliphatic carbocycles. The zero-order chi connectivity index (χ0) is 13.0. The SMILES string of the molecule is O=C(O)Cn1cc(CNc2cc(=O)[nH]cn2)nn1. The predicted molar refractivity (Wildman–Crippen MR) is 59.8 cm³/mol. The van der Waals surface area contributed by atoms with Crippen LogP contribution in [0.3, 0.4) is 0 Å². The normalized spacial score (nSPS) is 10.2. The Labute approximate surface area is 100 Å². The number of nitrogens with zero attached hydrogens (tertiary/aromatic N) is 4. The van der Waals surface area contributed by atoms with Gasteiger partial charge in [-0.2, -0.15) is 0 Å². The van der Waals surface area contributed by atoms with Gasteiger partial charge in [-0.3, -0.25) is 9.59 Å². The van der Waals surface area contributed by atoms with Gasteiger partial charge in [0.1, 0.15) is 18.1 Å². The molecule has 2 aromatic heterocycles. The van der Waals surface area contributed by atoms with Crippen molar-refractivity contribution in [1.29, 1.82) is 0 Å². The maximum atomic E-state index is 11.0. The summed E-state index contributed by atoms with van der Waals surface area (Å²) in [5.41, 5.74) is 0.292. The molecule has 0 bridgehead atoms. The summed E-state index contributed by atoms with van der Waals surface area (Å²) in [7, 11) is 0. The highest BCUT2D eigenvalue weighted by Crippen LogP contribution is 2.00. The second-order valence-corrected chi connectivity index (χ2v) is 3.45. The molecule has 2 aromatic rings. The number of nitrogens with one attached hydrogen (secondary N) is 2. The first-order valence-corrected chi connectivity index (χ1v) is 5.03. The van der Waals surface area contributed by atoms with Crippen molar-refractivity contribution < 1.29 is 9.90 Å². The van der Waals surface area contributed by atoms with Crippen LogP contribution in [0.4, 0.5) is 5.82 Å². The Morgan fingerprint density at radius 2 is 2.39 bits per heavy atom. The maximum Gasteiger partial charge on any atom is 0.325 e. The smallest absolute Gasteiger partial charge is 0.325 e. The van der Waals surface area contributed by atoms with Gasteiger partial charge >= 0.3 is 5.97 Å². The van der Waals surface area contributed by atoms with Gasteiger partial charge in [0, 0.05) is 6.07 Å². The minimum Gasteiger partial charge on any atom is -0.480 e. The van der Waals surface area contributed by atoms with Gasteiger partial charge in [-0.1, -0.05) is 5.21 Å². The highest BCUT2D eigenvalue weighted by Gasteiger charge is 2.04. The van der Waals surface area contributed by atoms with Crippen LogP contribution in [0.25, 0.3) is 0 Å². The van der Waals surface area contributed by atoms with Gasteiger partial charge in [0.05, 0.1) is 19.1 Å². The second-order valence-electron chi connectivity index (χ2n) is 3.45. The van der Waals surface area contributed by atoms with E-state index in [0.717, 1.165) is 0 Å². The largest absolute Gasteiger partial charge is 0.480 e. The van der Waals surface area contributed by atoms with E-state index >= 15 is 0 Å². The van der Waals surface area contributed by atoms with Gasteiger partial charge in [0.2, 0.25) is 0 Å². The number of hydrogen-bond donors (Lipinski definition) is 3. The number of H-pyrrole nitrogens is 1. The van der Waals surface area contributed by atoms with Gasteiger partial charge in [0.25, 0.3) is 5.56 Å². The minimum absolute atomic E-state index is 0.240. The molecule has 0 spiro atoms. The molecule has 0 saturated heterocycles. The molecular weight excluding hydrogens is 240 g/mol. The number of aromatic amines is 1. The fraction of sp³-hybridized carbons (Fsp3) is 0.222. The third-order valence-corrected chi connectivity index (χ3v) is 2.01. The highest BCUT2D eigenvalue weighted by molar-refractivity contribution is 5.66. The maximum absolute atomic E-state index is 11.0. The van der Waals surface area contributed by atoms with Crippen LogP contribution in [-0.2, 0) is 17.9 Å². The third kappa shape index (κ3) is 3.14. The first kappa shape index (κ1) is 11.8. The first-order valence-electron chi connectivity index (χ1n) is 5.03. The standard InChI is InChI=1S/C9H10N6O3/c16-8-1-7(11-5-12-8)10-2-6-3-15(14-13-6)4-9(17)18/h1,3,5H,2,4H2,(H,17,18)(H2,10,11,12,16). The predicted octanol–water partition coefficient (Wildman–Crippen LogP) is -0.942. The number of carbonyl (C=O) groups is 1. The van der Waals surface area contributed by atoms with Crippen LogP contribution in [0.5, 0.6) is 0 Å². The average Bonchev–Trinajstić information content (AvgIpc) is 2.73. The summed E-state index contributed by atoms with van der Waals surface area (Å²) in [5, 5.41) is 18.9. The van der Waals surface area contributed by atoms with E-state index in [1.54, 1.807) is 0 Å². The summed E-state index contributed by atoms with van der Waals surface area (Å²) in [6.45, 7) is 0.0618. The Kier molecular flexibility index (Phi) is 3.32. The van der Waals surface area contributed by atoms with Crippen molar-refractivity contribution in [2.75, 3.05) is 5.32 Å². The summed E-state index contributed by atoms with van der Waals surface area (Å²) < 4.78 is 1.21. The Hall–Kier alpha value is -2.71. The van der Waals surface area contributed by atoms with Gasteiger partial charge in [-0.15, -0.1) is 5.10 Å². The van der Waals surface area contributed by atoms with Crippen molar-refractivity contribution in [3.8, 4) is 0 Å². The van der Waals surface area contributed by atoms with Crippen molar-refractivity contribution in [3.63, 3.8) is 0 Å². The van der Waals surface area contributed by atoms with Crippen LogP contribution in [0, 0.1) is 0 Å². The molecular formula is C9H10N6O3. The number of carboxylic acid groups (broad SMARTS) is 1. The summed E-state index contributed by atoms with van der Waals surface area (Å²) >= 11 is 0. The van der Waals surface area contributed by atoms with E-state index in [4.69, 9.17) is 5.11 Å². The average molecular weight is 250 g/mol. The molecule has 0 aromatic carbocycles. The van der Waals surface area contributed by atoms with E-state index in [2.05, 4.69) is 25.6 Å². The van der Waals surface area contributed by atoms with E-state index in [0.29, 0.717) is 18.1 Å². The van der Waals surface area contributed by atoms with Gasteiger partial charge in [-0.05, 0) is 0 Å². The Morgan fingerprint density at radius 3 is 3.11 bits per heavy atom. The van der Waals surface area contributed by atoms with E-state index in [9.17, 15) is 9.59 Å². The van der Waals surface area contributed by atoms with Gasteiger partial charge in [0.15, 0.2) is 0 Å². The highest BCUT2D eigenvalue weighted by atomic mass is 16.4. The molecule has 0 amide bonds. The van der Waals surface area contributed by atoms with Gasteiger partial charge < -0.3 is 15.4 Å². The van der Waals surface area contributed by atoms with Crippen LogP contribution in [-0.4, -0.2) is 36.0 Å². The molecule has 0 radical (unpaired) electrons. The van der Waals surface area contributed by atoms with Crippen molar-refractivity contribution in [2.45, 2.75) is 13.1 Å². The summed E-state index contributed by atoms with van der Waals surface area (Å²) in [6, 6.07) is 1.31. The molecule has 0 saturated carbocycles. The lowest BCUT2D eigenvalue weighted by Gasteiger charge is -2.00. The zero-order valence-corrected chi connectivity index (χ0v) is 9.20. The molecule has 3 N–H and O–H groups in total. The molecule has 9 nitrogen and oxygen atoms in total. The number of rotatable bonds is 5. The molecule has 94 valence electrons. The quantitative estimate of drug-likeness (QED) is 0.625. The topological polar surface area (TPSA) is 126 Å². The Morgan fingerprint density at radius 1 is 1.56 bits per heavy atom. The molecule has 2 rings (SSSR count). The van der Waals surface area contributed by atoms with Crippen LogP contribution in [0.15, 0.2) is 23.4 Å². The molecule has 9 heteroatoms. The summed E-state index contributed by atoms with van der Waals surface area (Å²) in [5.74, 6) is -0.581. The first-order chi connectivity index (χ1) is 8.63. The Balaban J connectivity index is 1.96. The lowest BCUT2D eigenvalue weighted by Crippen LogP contribution is -2.09. The molecule has 0 unspecified atom stereocenters. The van der Waals surface area contributed by atoms with Crippen molar-refractivity contribution in [1.82, 2.24) is 25.0 Å². The monoisotopic (exact) mass is 250 g/mol. The molecule has 0 fully saturated rings. The van der Waals surface area contributed by atoms with Crippen LogP contribution in [0.1, 0.15) is 5.69 Å². The molecule has 0 aliphatic heterocycles. The number of aromatic nitrogens is 5. The summed E-state index contributed by atoms with van der Waals surface area (Å²) in [4.78, 5) is 27.7. The van der Waals surface area contributed by atoms with Crippen molar-refractivity contribution in [2.24, 2.45) is 0 Å². The van der Waals surface area contributed by atoms with Gasteiger partial charge in [-0.25, -0.2) is 9.67 Å². The zero-order valence-electron chi connectivity index (χ0n) is 9.20. The van der Waals surface area contributed by atoms with E-state index in [1.165, 1.54) is 23.3 Å². The third-order valence-electron chi connectivity index (χ3n) is 2.01. The molecule has 0 aliphatic rings. The van der Waals surface area contributed by atoms with Crippen LogP contribution >= 0.6 is 0 Å². The number of carboxylic acids is 1. The fourth-order valence-corrected chi connectivity index (χ4v) is 1.28. The number of anilines is 1. The second kappa shape index (κ2) is 5.08. The fourth-order valence-electron chi connectivity index (χ4n) is 1.28. The van der Waals surface area contributed by atoms with Crippen molar-refractivity contribution >= 4 is 11.8 Å².